The van der Waals surface area contributed by atoms with Gasteiger partial charge in [0.1, 0.15) is 5.75 Å². The van der Waals surface area contributed by atoms with Gasteiger partial charge in [-0.05, 0) is 48.6 Å². The summed E-state index contributed by atoms with van der Waals surface area (Å²) < 4.78 is 6.84. The number of ether oxygens (including phenoxy) is 1. The van der Waals surface area contributed by atoms with Crippen LogP contribution in [0.4, 0.5) is 0 Å². The first-order valence-electron chi connectivity index (χ1n) is 12.7. The summed E-state index contributed by atoms with van der Waals surface area (Å²) in [5.74, 6) is 1.03. The van der Waals surface area contributed by atoms with E-state index < -0.39 is 0 Å². The van der Waals surface area contributed by atoms with E-state index >= 15 is 0 Å². The summed E-state index contributed by atoms with van der Waals surface area (Å²) in [6.45, 7) is 2.06. The Balaban J connectivity index is 1.20. The van der Waals surface area contributed by atoms with Crippen LogP contribution in [0.2, 0.25) is 0 Å². The molecular weight excluding hydrogens is 420 g/mol. The Morgan fingerprint density at radius 2 is 1.62 bits per heavy atom. The van der Waals surface area contributed by atoms with Crippen molar-refractivity contribution in [1.82, 2.24) is 14.9 Å². The molecule has 1 spiro atoms. The second-order valence-corrected chi connectivity index (χ2v) is 10.1. The van der Waals surface area contributed by atoms with Crippen molar-refractivity contribution >= 4 is 5.71 Å². The minimum absolute atomic E-state index is 0.232. The van der Waals surface area contributed by atoms with Gasteiger partial charge in [-0.3, -0.25) is 9.88 Å². The highest BCUT2D eigenvalue weighted by Gasteiger charge is 2.52. The highest BCUT2D eigenvalue weighted by molar-refractivity contribution is 6.01. The monoisotopic (exact) mass is 450 g/mol. The fraction of sp³-hybridized carbons (Fsp3) is 0.379. The van der Waals surface area contributed by atoms with Crippen LogP contribution in [-0.2, 0) is 6.42 Å². The van der Waals surface area contributed by atoms with E-state index in [4.69, 9.17) is 9.84 Å². The van der Waals surface area contributed by atoms with Gasteiger partial charge in [0.2, 0.25) is 5.72 Å². The van der Waals surface area contributed by atoms with E-state index in [0.29, 0.717) is 6.04 Å². The molecule has 1 aliphatic carbocycles. The number of hydrazone groups is 1. The van der Waals surface area contributed by atoms with Gasteiger partial charge in [-0.25, -0.2) is 5.01 Å². The first-order chi connectivity index (χ1) is 16.8. The maximum Gasteiger partial charge on any atom is 0.200 e. The molecule has 2 atom stereocenters. The number of fused-ring (bicyclic) bond motifs is 5. The molecule has 0 amide bonds. The zero-order valence-electron chi connectivity index (χ0n) is 19.4. The molecule has 2 unspecified atom stereocenters. The molecule has 7 rings (SSSR count). The van der Waals surface area contributed by atoms with Gasteiger partial charge in [0.25, 0.3) is 0 Å². The molecule has 4 aliphatic rings. The lowest BCUT2D eigenvalue weighted by Gasteiger charge is -2.52. The Hall–Kier alpha value is -3.18. The van der Waals surface area contributed by atoms with Crippen molar-refractivity contribution in [3.63, 3.8) is 0 Å². The molecule has 172 valence electrons. The Labute approximate surface area is 201 Å². The van der Waals surface area contributed by atoms with Gasteiger partial charge in [-0.2, -0.15) is 5.10 Å². The second kappa shape index (κ2) is 7.95. The van der Waals surface area contributed by atoms with Gasteiger partial charge >= 0.3 is 0 Å². The zero-order valence-corrected chi connectivity index (χ0v) is 19.4. The molecule has 0 N–H and O–H groups in total. The minimum Gasteiger partial charge on any atom is -0.466 e. The van der Waals surface area contributed by atoms with E-state index in [2.05, 4.69) is 75.6 Å². The Kier molecular flexibility index (Phi) is 4.73. The summed E-state index contributed by atoms with van der Waals surface area (Å²) in [7, 11) is 0. The van der Waals surface area contributed by atoms with E-state index in [1.165, 1.54) is 36.0 Å². The molecule has 0 bridgehead atoms. The van der Waals surface area contributed by atoms with Crippen LogP contribution >= 0.6 is 0 Å². The number of rotatable bonds is 2. The standard InChI is InChI=1S/C29H30N4O/c1-2-8-23-21(6-1)7-5-10-26(23)32-18-14-29(15-19-32)33-27(24-9-3-4-11-28(24)34-29)20-25(31-33)22-12-16-30-17-13-22/h1-4,6,8-9,11-13,16-17,26-27H,5,7,10,14-15,18-20H2. The molecule has 4 heterocycles. The molecule has 1 aromatic heterocycles. The van der Waals surface area contributed by atoms with E-state index in [1.54, 1.807) is 0 Å². The van der Waals surface area contributed by atoms with Crippen LogP contribution in [0, 0.1) is 0 Å². The average molecular weight is 451 g/mol. The van der Waals surface area contributed by atoms with Crippen LogP contribution in [-0.4, -0.2) is 39.4 Å². The highest BCUT2D eigenvalue weighted by Crippen LogP contribution is 2.50. The largest absolute Gasteiger partial charge is 0.466 e. The Morgan fingerprint density at radius 1 is 0.853 bits per heavy atom. The summed E-state index contributed by atoms with van der Waals surface area (Å²) in [6.07, 6.45) is 10.3. The first-order valence-corrected chi connectivity index (χ1v) is 12.7. The maximum absolute atomic E-state index is 6.84. The number of para-hydroxylation sites is 1. The third-order valence-electron chi connectivity index (χ3n) is 8.28. The van der Waals surface area contributed by atoms with Crippen LogP contribution in [0.1, 0.15) is 66.4 Å². The second-order valence-electron chi connectivity index (χ2n) is 10.1. The third kappa shape index (κ3) is 3.17. The maximum atomic E-state index is 6.84. The molecule has 5 nitrogen and oxygen atoms in total. The van der Waals surface area contributed by atoms with Crippen LogP contribution in [0.15, 0.2) is 78.2 Å². The van der Waals surface area contributed by atoms with Crippen molar-refractivity contribution in [3.8, 4) is 5.75 Å². The lowest BCUT2D eigenvalue weighted by molar-refractivity contribution is -0.153. The average Bonchev–Trinajstić information content (AvgIpc) is 3.37. The fourth-order valence-corrected chi connectivity index (χ4v) is 6.57. The predicted molar refractivity (Wildman–Crippen MR) is 133 cm³/mol. The van der Waals surface area contributed by atoms with E-state index in [-0.39, 0.29) is 11.8 Å². The Bertz CT molecular complexity index is 1230. The molecule has 34 heavy (non-hydrogen) atoms. The number of aromatic nitrogens is 1. The van der Waals surface area contributed by atoms with Crippen LogP contribution < -0.4 is 4.74 Å². The number of pyridine rings is 1. The smallest absolute Gasteiger partial charge is 0.200 e. The van der Waals surface area contributed by atoms with Gasteiger partial charge in [-0.1, -0.05) is 42.5 Å². The quantitative estimate of drug-likeness (QED) is 0.517. The fourth-order valence-electron chi connectivity index (χ4n) is 6.57. The summed E-state index contributed by atoms with van der Waals surface area (Å²) >= 11 is 0. The first kappa shape index (κ1) is 20.2. The number of aryl methyl sites for hydroxylation is 1. The predicted octanol–water partition coefficient (Wildman–Crippen LogP) is 5.49. The van der Waals surface area contributed by atoms with Gasteiger partial charge in [0, 0.05) is 61.9 Å². The SMILES string of the molecule is c1ccc2c(c1)CCCC2N1CCC2(CC1)Oc1ccccc1C1CC(c3ccncc3)=NN12. The van der Waals surface area contributed by atoms with Crippen LogP contribution in [0.5, 0.6) is 5.75 Å². The highest BCUT2D eigenvalue weighted by atomic mass is 16.5. The lowest BCUT2D eigenvalue weighted by Crippen LogP contribution is -2.59. The molecule has 5 heteroatoms. The number of likely N-dealkylation sites (tertiary alicyclic amines) is 1. The molecule has 0 saturated carbocycles. The van der Waals surface area contributed by atoms with Crippen molar-refractivity contribution < 1.29 is 4.74 Å². The van der Waals surface area contributed by atoms with Gasteiger partial charge in [0.05, 0.1) is 11.8 Å². The Morgan fingerprint density at radius 3 is 2.47 bits per heavy atom. The zero-order chi connectivity index (χ0) is 22.5. The van der Waals surface area contributed by atoms with E-state index in [0.717, 1.165) is 49.4 Å². The summed E-state index contributed by atoms with van der Waals surface area (Å²) in [5.41, 5.74) is 6.25. The molecule has 2 aromatic carbocycles. The van der Waals surface area contributed by atoms with Crippen molar-refractivity contribution in [2.45, 2.75) is 56.3 Å². The van der Waals surface area contributed by atoms with Crippen molar-refractivity contribution in [1.29, 1.82) is 0 Å². The molecule has 3 aromatic rings. The van der Waals surface area contributed by atoms with Crippen LogP contribution in [0.3, 0.4) is 0 Å². The number of hydrogen-bond donors (Lipinski definition) is 0. The van der Waals surface area contributed by atoms with Gasteiger partial charge < -0.3 is 4.74 Å². The summed E-state index contributed by atoms with van der Waals surface area (Å²) in [4.78, 5) is 6.90. The van der Waals surface area contributed by atoms with Gasteiger partial charge in [0.15, 0.2) is 0 Å². The van der Waals surface area contributed by atoms with Crippen molar-refractivity contribution in [2.75, 3.05) is 13.1 Å². The third-order valence-corrected chi connectivity index (χ3v) is 8.28. The summed E-state index contributed by atoms with van der Waals surface area (Å²) in [5, 5.41) is 7.53. The van der Waals surface area contributed by atoms with Crippen LogP contribution in [0.25, 0.3) is 0 Å². The van der Waals surface area contributed by atoms with E-state index in [9.17, 15) is 0 Å². The number of hydrogen-bond acceptors (Lipinski definition) is 5. The molecule has 3 aliphatic heterocycles. The van der Waals surface area contributed by atoms with Crippen molar-refractivity contribution in [3.05, 3.63) is 95.3 Å². The number of nitrogens with zero attached hydrogens (tertiary/aromatic N) is 4. The number of benzene rings is 2. The van der Waals surface area contributed by atoms with Crippen molar-refractivity contribution in [2.24, 2.45) is 5.10 Å². The topological polar surface area (TPSA) is 41.0 Å². The molecule has 0 radical (unpaired) electrons. The normalized spacial score (nSPS) is 25.2. The lowest BCUT2D eigenvalue weighted by atomic mass is 9.84. The minimum atomic E-state index is -0.377. The molecule has 1 fully saturated rings. The molecule has 1 saturated heterocycles. The van der Waals surface area contributed by atoms with E-state index in [1.807, 2.05) is 12.4 Å². The van der Waals surface area contributed by atoms with Gasteiger partial charge in [-0.15, -0.1) is 0 Å². The molecular formula is C29H30N4O. The summed E-state index contributed by atoms with van der Waals surface area (Å²) in [6, 6.07) is 22.5. The number of piperidine rings is 1.